The fourth-order valence-electron chi connectivity index (χ4n) is 3.38. The highest BCUT2D eigenvalue weighted by Crippen LogP contribution is 2.35. The van der Waals surface area contributed by atoms with Gasteiger partial charge in [-0.25, -0.2) is 4.79 Å². The average Bonchev–Trinajstić information content (AvgIpc) is 2.83. The summed E-state index contributed by atoms with van der Waals surface area (Å²) in [5.41, 5.74) is 1.30. The molecule has 0 radical (unpaired) electrons. The lowest BCUT2D eigenvalue weighted by Gasteiger charge is -2.20. The molecule has 1 unspecified atom stereocenters. The van der Waals surface area contributed by atoms with Gasteiger partial charge in [-0.3, -0.25) is 4.79 Å². The highest BCUT2D eigenvalue weighted by atomic mass is 79.9. The van der Waals surface area contributed by atoms with Gasteiger partial charge >= 0.3 is 5.97 Å². The van der Waals surface area contributed by atoms with E-state index in [1.165, 1.54) is 7.11 Å². The van der Waals surface area contributed by atoms with Gasteiger partial charge in [-0.2, -0.15) is 4.73 Å². The smallest absolute Gasteiger partial charge is 0.358 e. The fraction of sp³-hybridized carbons (Fsp3) is 0.412. The van der Waals surface area contributed by atoms with Gasteiger partial charge in [0.2, 0.25) is 0 Å². The van der Waals surface area contributed by atoms with Crippen LogP contribution in [0.5, 0.6) is 0 Å². The van der Waals surface area contributed by atoms with Gasteiger partial charge in [0.25, 0.3) is 0 Å². The van der Waals surface area contributed by atoms with Crippen LogP contribution in [0.25, 0.3) is 10.9 Å². The summed E-state index contributed by atoms with van der Waals surface area (Å²) in [5, 5.41) is 11.2. The number of aromatic nitrogens is 1. The molecule has 0 aliphatic heterocycles. The van der Waals surface area contributed by atoms with Gasteiger partial charge in [-0.05, 0) is 37.0 Å². The number of hydrogen-bond donors (Lipinski definition) is 1. The number of ether oxygens (including phenoxy) is 1. The standard InChI is InChI=1S/C17H18BrNO4/c1-23-17(21)16-11(9-10-5-2-3-8-14(10)20)15-12(18)6-4-7-13(15)19(16)22/h4,6-7,10,22H,2-3,5,8-9H2,1H3. The average molecular weight is 380 g/mol. The first kappa shape index (κ1) is 16.1. The van der Waals surface area contributed by atoms with Crippen LogP contribution in [0.3, 0.4) is 0 Å². The monoisotopic (exact) mass is 379 g/mol. The first-order valence-corrected chi connectivity index (χ1v) is 8.46. The Kier molecular flexibility index (Phi) is 4.43. The number of Topliss-reactive ketones (excluding diaryl/α,β-unsaturated/α-hetero) is 1. The molecule has 23 heavy (non-hydrogen) atoms. The van der Waals surface area contributed by atoms with Crippen molar-refractivity contribution in [1.29, 1.82) is 0 Å². The molecule has 0 bridgehead atoms. The zero-order valence-electron chi connectivity index (χ0n) is 12.8. The molecule has 5 nitrogen and oxygen atoms in total. The van der Waals surface area contributed by atoms with Crippen molar-refractivity contribution in [2.24, 2.45) is 5.92 Å². The summed E-state index contributed by atoms with van der Waals surface area (Å²) in [7, 11) is 1.28. The molecule has 1 atom stereocenters. The lowest BCUT2D eigenvalue weighted by molar-refractivity contribution is -0.124. The molecule has 2 aromatic rings. The van der Waals surface area contributed by atoms with Crippen LogP contribution in [0.4, 0.5) is 0 Å². The summed E-state index contributed by atoms with van der Waals surface area (Å²) >= 11 is 3.48. The number of nitrogens with zero attached hydrogens (tertiary/aromatic N) is 1. The molecule has 0 saturated heterocycles. The number of carbonyl (C=O) groups excluding carboxylic acids is 2. The van der Waals surface area contributed by atoms with Crippen LogP contribution in [0, 0.1) is 5.92 Å². The number of fused-ring (bicyclic) bond motifs is 1. The van der Waals surface area contributed by atoms with E-state index in [2.05, 4.69) is 15.9 Å². The molecule has 1 saturated carbocycles. The summed E-state index contributed by atoms with van der Waals surface area (Å²) in [6, 6.07) is 5.38. The highest BCUT2D eigenvalue weighted by Gasteiger charge is 2.30. The summed E-state index contributed by atoms with van der Waals surface area (Å²) in [6.07, 6.45) is 3.81. The molecule has 1 aromatic heterocycles. The van der Waals surface area contributed by atoms with Crippen LogP contribution in [-0.2, 0) is 16.0 Å². The third-order valence-electron chi connectivity index (χ3n) is 4.53. The van der Waals surface area contributed by atoms with Crippen LogP contribution >= 0.6 is 15.9 Å². The predicted molar refractivity (Wildman–Crippen MR) is 88.8 cm³/mol. The van der Waals surface area contributed by atoms with E-state index in [0.29, 0.717) is 23.9 Å². The maximum absolute atomic E-state index is 12.2. The predicted octanol–water partition coefficient (Wildman–Crippen LogP) is 3.73. The van der Waals surface area contributed by atoms with Gasteiger partial charge in [0.1, 0.15) is 5.78 Å². The summed E-state index contributed by atoms with van der Waals surface area (Å²) in [5.74, 6) is -0.475. The largest absolute Gasteiger partial charge is 0.464 e. The van der Waals surface area contributed by atoms with Gasteiger partial charge in [0, 0.05) is 22.2 Å². The molecule has 1 fully saturated rings. The molecular weight excluding hydrogens is 362 g/mol. The number of hydrogen-bond acceptors (Lipinski definition) is 4. The van der Waals surface area contributed by atoms with E-state index in [1.807, 2.05) is 6.07 Å². The van der Waals surface area contributed by atoms with Crippen molar-refractivity contribution in [3.05, 3.63) is 33.9 Å². The zero-order valence-corrected chi connectivity index (χ0v) is 14.4. The van der Waals surface area contributed by atoms with E-state index in [1.54, 1.807) is 12.1 Å². The maximum atomic E-state index is 12.2. The van der Waals surface area contributed by atoms with Crippen LogP contribution in [0.15, 0.2) is 22.7 Å². The van der Waals surface area contributed by atoms with Gasteiger partial charge < -0.3 is 9.94 Å². The molecule has 122 valence electrons. The van der Waals surface area contributed by atoms with E-state index in [0.717, 1.165) is 33.9 Å². The SMILES string of the molecule is COC(=O)c1c(CC2CCCCC2=O)c2c(Br)cccc2n1O. The van der Waals surface area contributed by atoms with Crippen molar-refractivity contribution in [1.82, 2.24) is 4.73 Å². The van der Waals surface area contributed by atoms with Crippen LogP contribution < -0.4 is 0 Å². The van der Waals surface area contributed by atoms with E-state index >= 15 is 0 Å². The Morgan fingerprint density at radius 1 is 1.43 bits per heavy atom. The Morgan fingerprint density at radius 3 is 2.91 bits per heavy atom. The Hall–Kier alpha value is -1.82. The van der Waals surface area contributed by atoms with Crippen molar-refractivity contribution in [3.8, 4) is 0 Å². The molecule has 1 N–H and O–H groups in total. The molecule has 1 aromatic carbocycles. The lowest BCUT2D eigenvalue weighted by Crippen LogP contribution is -2.22. The molecule has 1 aliphatic carbocycles. The summed E-state index contributed by atoms with van der Waals surface area (Å²) in [4.78, 5) is 24.3. The summed E-state index contributed by atoms with van der Waals surface area (Å²) in [6.45, 7) is 0. The number of carbonyl (C=O) groups is 2. The fourth-order valence-corrected chi connectivity index (χ4v) is 3.97. The van der Waals surface area contributed by atoms with E-state index in [4.69, 9.17) is 4.74 Å². The Bertz CT molecular complexity index is 780. The number of benzene rings is 1. The van der Waals surface area contributed by atoms with Gasteiger partial charge in [0.15, 0.2) is 5.69 Å². The minimum Gasteiger partial charge on any atom is -0.464 e. The second-order valence-electron chi connectivity index (χ2n) is 5.88. The van der Waals surface area contributed by atoms with Gasteiger partial charge in [-0.15, -0.1) is 0 Å². The molecule has 0 amide bonds. The molecular formula is C17H18BrNO4. The normalized spacial score (nSPS) is 18.3. The maximum Gasteiger partial charge on any atom is 0.358 e. The Labute approximate surface area is 142 Å². The third kappa shape index (κ3) is 2.76. The van der Waals surface area contributed by atoms with Crippen molar-refractivity contribution >= 4 is 38.6 Å². The van der Waals surface area contributed by atoms with Crippen molar-refractivity contribution in [2.75, 3.05) is 7.11 Å². The van der Waals surface area contributed by atoms with Crippen LogP contribution in [0.2, 0.25) is 0 Å². The second-order valence-corrected chi connectivity index (χ2v) is 6.73. The number of ketones is 1. The molecule has 0 spiro atoms. The van der Waals surface area contributed by atoms with Crippen molar-refractivity contribution in [2.45, 2.75) is 32.1 Å². The first-order chi connectivity index (χ1) is 11.0. The van der Waals surface area contributed by atoms with Crippen LogP contribution in [0.1, 0.15) is 41.7 Å². The van der Waals surface area contributed by atoms with E-state index < -0.39 is 5.97 Å². The highest BCUT2D eigenvalue weighted by molar-refractivity contribution is 9.10. The number of esters is 1. The number of halogens is 1. The molecule has 1 aliphatic rings. The van der Waals surface area contributed by atoms with E-state index in [9.17, 15) is 14.8 Å². The first-order valence-electron chi connectivity index (χ1n) is 7.66. The van der Waals surface area contributed by atoms with Crippen molar-refractivity contribution in [3.63, 3.8) is 0 Å². The molecule has 1 heterocycles. The molecule has 3 rings (SSSR count). The minimum absolute atomic E-state index is 0.104. The van der Waals surface area contributed by atoms with Gasteiger partial charge in [-0.1, -0.05) is 28.4 Å². The quantitative estimate of drug-likeness (QED) is 0.651. The topological polar surface area (TPSA) is 68.5 Å². The Balaban J connectivity index is 2.16. The van der Waals surface area contributed by atoms with Gasteiger partial charge in [0.05, 0.1) is 12.6 Å². The van der Waals surface area contributed by atoms with Crippen molar-refractivity contribution < 1.29 is 19.5 Å². The van der Waals surface area contributed by atoms with Crippen LogP contribution in [-0.4, -0.2) is 28.8 Å². The third-order valence-corrected chi connectivity index (χ3v) is 5.19. The minimum atomic E-state index is -0.603. The number of methoxy groups -OCH3 is 1. The summed E-state index contributed by atoms with van der Waals surface area (Å²) < 4.78 is 6.48. The Morgan fingerprint density at radius 2 is 2.22 bits per heavy atom. The second kappa shape index (κ2) is 6.35. The van der Waals surface area contributed by atoms with E-state index in [-0.39, 0.29) is 17.4 Å². The molecule has 6 heteroatoms. The number of rotatable bonds is 3. The lowest BCUT2D eigenvalue weighted by atomic mass is 9.83. The zero-order chi connectivity index (χ0) is 16.6.